The normalized spacial score (nSPS) is 27.5. The van der Waals surface area contributed by atoms with Crippen molar-refractivity contribution in [2.45, 2.75) is 18.9 Å². The maximum absolute atomic E-state index is 5.79. The van der Waals surface area contributed by atoms with Gasteiger partial charge in [-0.25, -0.2) is 0 Å². The second-order valence-corrected chi connectivity index (χ2v) is 3.98. The predicted octanol–water partition coefficient (Wildman–Crippen LogP) is 1.69. The molecule has 76 valence electrons. The Balaban J connectivity index is 2.15. The number of nitrogens with two attached hydrogens (primary N) is 1. The molecule has 1 aromatic rings. The molecule has 0 radical (unpaired) electrons. The van der Waals surface area contributed by atoms with Gasteiger partial charge >= 0.3 is 0 Å². The average molecular weight is 190 g/mol. The lowest BCUT2D eigenvalue weighted by molar-refractivity contribution is 0.291. The van der Waals surface area contributed by atoms with Crippen molar-refractivity contribution in [3.05, 3.63) is 35.9 Å². The Hall–Kier alpha value is -0.860. The van der Waals surface area contributed by atoms with Crippen LogP contribution in [0.25, 0.3) is 0 Å². The molecule has 0 unspecified atom stereocenters. The monoisotopic (exact) mass is 190 g/mol. The molecule has 1 aliphatic rings. The molecule has 2 rings (SSSR count). The number of nitrogens with one attached hydrogen (secondary N) is 1. The number of rotatable bonds is 2. The minimum atomic E-state index is 0.468. The van der Waals surface area contributed by atoms with E-state index in [4.69, 9.17) is 5.73 Å². The van der Waals surface area contributed by atoms with Gasteiger partial charge in [-0.3, -0.25) is 0 Å². The zero-order chi connectivity index (χ0) is 9.80. The van der Waals surface area contributed by atoms with Crippen molar-refractivity contribution in [2.24, 2.45) is 11.7 Å². The van der Waals surface area contributed by atoms with E-state index in [2.05, 4.69) is 35.6 Å². The fraction of sp³-hybridized carbons (Fsp3) is 0.500. The van der Waals surface area contributed by atoms with Crippen LogP contribution in [0.4, 0.5) is 0 Å². The first-order valence-electron chi connectivity index (χ1n) is 5.40. The zero-order valence-electron chi connectivity index (χ0n) is 8.45. The molecule has 1 saturated heterocycles. The lowest BCUT2D eigenvalue weighted by Crippen LogP contribution is -2.37. The van der Waals surface area contributed by atoms with E-state index in [1.165, 1.54) is 18.4 Å². The summed E-state index contributed by atoms with van der Waals surface area (Å²) in [6.45, 7) is 1.91. The van der Waals surface area contributed by atoms with Gasteiger partial charge in [-0.15, -0.1) is 0 Å². The van der Waals surface area contributed by atoms with E-state index in [1.807, 2.05) is 0 Å². The molecule has 2 nitrogen and oxygen atoms in total. The van der Waals surface area contributed by atoms with Gasteiger partial charge in [-0.1, -0.05) is 30.3 Å². The summed E-state index contributed by atoms with van der Waals surface area (Å²) in [7, 11) is 0. The van der Waals surface area contributed by atoms with E-state index in [-0.39, 0.29) is 0 Å². The van der Waals surface area contributed by atoms with Crippen LogP contribution in [0.3, 0.4) is 0 Å². The molecule has 3 N–H and O–H groups in total. The number of benzene rings is 1. The van der Waals surface area contributed by atoms with Crippen molar-refractivity contribution >= 4 is 0 Å². The highest BCUT2D eigenvalue weighted by molar-refractivity contribution is 5.20. The van der Waals surface area contributed by atoms with Crippen LogP contribution < -0.4 is 11.1 Å². The third-order valence-corrected chi connectivity index (χ3v) is 3.05. The van der Waals surface area contributed by atoms with Gasteiger partial charge in [-0.2, -0.15) is 0 Å². The van der Waals surface area contributed by atoms with E-state index >= 15 is 0 Å². The molecule has 1 aromatic carbocycles. The van der Waals surface area contributed by atoms with Gasteiger partial charge in [0.05, 0.1) is 0 Å². The molecular weight excluding hydrogens is 172 g/mol. The molecule has 1 heterocycles. The van der Waals surface area contributed by atoms with E-state index in [1.54, 1.807) is 0 Å². The SMILES string of the molecule is NC[C@H]1CCCN[C@H]1c1ccccc1. The summed E-state index contributed by atoms with van der Waals surface area (Å²) in [5, 5.41) is 3.56. The van der Waals surface area contributed by atoms with E-state index in [0.717, 1.165) is 13.1 Å². The predicted molar refractivity (Wildman–Crippen MR) is 59.0 cm³/mol. The summed E-state index contributed by atoms with van der Waals surface area (Å²) in [6, 6.07) is 11.1. The molecule has 0 aliphatic carbocycles. The van der Waals surface area contributed by atoms with Crippen molar-refractivity contribution < 1.29 is 0 Å². The van der Waals surface area contributed by atoms with Crippen LogP contribution in [-0.2, 0) is 0 Å². The summed E-state index contributed by atoms with van der Waals surface area (Å²) in [5.41, 5.74) is 7.17. The van der Waals surface area contributed by atoms with Gasteiger partial charge in [0.1, 0.15) is 0 Å². The quantitative estimate of drug-likeness (QED) is 0.744. The van der Waals surface area contributed by atoms with Crippen LogP contribution in [0.15, 0.2) is 30.3 Å². The lowest BCUT2D eigenvalue weighted by Gasteiger charge is -2.32. The highest BCUT2D eigenvalue weighted by atomic mass is 14.9. The van der Waals surface area contributed by atoms with Gasteiger partial charge in [0.15, 0.2) is 0 Å². The second-order valence-electron chi connectivity index (χ2n) is 3.98. The molecule has 0 bridgehead atoms. The fourth-order valence-corrected chi connectivity index (χ4v) is 2.26. The van der Waals surface area contributed by atoms with Crippen molar-refractivity contribution in [1.82, 2.24) is 5.32 Å². The number of hydrogen-bond donors (Lipinski definition) is 2. The van der Waals surface area contributed by atoms with Crippen LogP contribution in [-0.4, -0.2) is 13.1 Å². The molecule has 2 atom stereocenters. The Morgan fingerprint density at radius 1 is 1.29 bits per heavy atom. The summed E-state index contributed by atoms with van der Waals surface area (Å²) in [6.07, 6.45) is 2.51. The largest absolute Gasteiger partial charge is 0.330 e. The number of piperidine rings is 1. The Labute approximate surface area is 85.5 Å². The van der Waals surface area contributed by atoms with Gasteiger partial charge in [-0.05, 0) is 37.4 Å². The number of hydrogen-bond acceptors (Lipinski definition) is 2. The highest BCUT2D eigenvalue weighted by Crippen LogP contribution is 2.27. The highest BCUT2D eigenvalue weighted by Gasteiger charge is 2.24. The topological polar surface area (TPSA) is 38.0 Å². The second kappa shape index (κ2) is 4.58. The first-order chi connectivity index (χ1) is 6.92. The molecule has 0 aromatic heterocycles. The Morgan fingerprint density at radius 3 is 2.79 bits per heavy atom. The minimum Gasteiger partial charge on any atom is -0.330 e. The Kier molecular flexibility index (Phi) is 3.17. The van der Waals surface area contributed by atoms with Gasteiger partial charge in [0, 0.05) is 6.04 Å². The van der Waals surface area contributed by atoms with Crippen LogP contribution in [0.1, 0.15) is 24.4 Å². The van der Waals surface area contributed by atoms with Crippen molar-refractivity contribution in [3.8, 4) is 0 Å². The zero-order valence-corrected chi connectivity index (χ0v) is 8.45. The Bertz CT molecular complexity index is 271. The molecule has 0 saturated carbocycles. The van der Waals surface area contributed by atoms with E-state index in [9.17, 15) is 0 Å². The van der Waals surface area contributed by atoms with Crippen LogP contribution in [0.5, 0.6) is 0 Å². The lowest BCUT2D eigenvalue weighted by atomic mass is 9.86. The van der Waals surface area contributed by atoms with Gasteiger partial charge in [0.25, 0.3) is 0 Å². The summed E-state index contributed by atoms with van der Waals surface area (Å²) in [4.78, 5) is 0. The standard InChI is InChI=1S/C12H18N2/c13-9-11-7-4-8-14-12(11)10-5-2-1-3-6-10/h1-3,5-6,11-12,14H,4,7-9,13H2/t11-,12+/m1/s1. The van der Waals surface area contributed by atoms with Crippen molar-refractivity contribution in [1.29, 1.82) is 0 Å². The first-order valence-corrected chi connectivity index (χ1v) is 5.40. The van der Waals surface area contributed by atoms with Crippen LogP contribution >= 0.6 is 0 Å². The summed E-state index contributed by atoms with van der Waals surface area (Å²) < 4.78 is 0. The molecule has 0 spiro atoms. The smallest absolute Gasteiger partial charge is 0.0360 e. The third kappa shape index (κ3) is 1.97. The molecule has 1 fully saturated rings. The Morgan fingerprint density at radius 2 is 2.07 bits per heavy atom. The molecular formula is C12H18N2. The third-order valence-electron chi connectivity index (χ3n) is 3.05. The van der Waals surface area contributed by atoms with E-state index in [0.29, 0.717) is 12.0 Å². The van der Waals surface area contributed by atoms with E-state index < -0.39 is 0 Å². The molecule has 2 heteroatoms. The fourth-order valence-electron chi connectivity index (χ4n) is 2.26. The van der Waals surface area contributed by atoms with Gasteiger partial charge < -0.3 is 11.1 Å². The maximum Gasteiger partial charge on any atom is 0.0360 e. The first kappa shape index (κ1) is 9.69. The molecule has 14 heavy (non-hydrogen) atoms. The average Bonchev–Trinajstić information content (AvgIpc) is 2.30. The van der Waals surface area contributed by atoms with Crippen LogP contribution in [0, 0.1) is 5.92 Å². The summed E-state index contributed by atoms with van der Waals surface area (Å²) in [5.74, 6) is 0.603. The maximum atomic E-state index is 5.79. The minimum absolute atomic E-state index is 0.468. The molecule has 1 aliphatic heterocycles. The molecule has 0 amide bonds. The van der Waals surface area contributed by atoms with Crippen molar-refractivity contribution in [3.63, 3.8) is 0 Å². The van der Waals surface area contributed by atoms with Gasteiger partial charge in [0.2, 0.25) is 0 Å². The van der Waals surface area contributed by atoms with Crippen LogP contribution in [0.2, 0.25) is 0 Å². The van der Waals surface area contributed by atoms with Crippen molar-refractivity contribution in [2.75, 3.05) is 13.1 Å². The summed E-state index contributed by atoms with van der Waals surface area (Å²) >= 11 is 0.